The zero-order chi connectivity index (χ0) is 10.6. The van der Waals surface area contributed by atoms with Gasteiger partial charge in [0, 0.05) is 12.2 Å². The van der Waals surface area contributed by atoms with Gasteiger partial charge in [-0.2, -0.15) is 0 Å². The van der Waals surface area contributed by atoms with Crippen LogP contribution in [-0.2, 0) is 9.53 Å². The van der Waals surface area contributed by atoms with Crippen LogP contribution in [-0.4, -0.2) is 18.1 Å². The number of hydrogen-bond acceptors (Lipinski definition) is 4. The largest absolute Gasteiger partial charge is 0.469 e. The highest BCUT2D eigenvalue weighted by Crippen LogP contribution is 2.16. The lowest BCUT2D eigenvalue weighted by Gasteiger charge is -2.09. The summed E-state index contributed by atoms with van der Waals surface area (Å²) >= 11 is 5.68. The molecular formula is C9H12Cl2N2O2. The molecule has 84 valence electrons. The van der Waals surface area contributed by atoms with Crippen molar-refractivity contribution in [1.82, 2.24) is 4.98 Å². The zero-order valence-corrected chi connectivity index (χ0v) is 9.72. The standard InChI is InChI=1S/C9H11ClN2O2.ClH/c1-14-9(13)5-7(11)6-2-3-12-8(10)4-6;/h2-4,7H,5,11H2,1H3;1H/t7-;/m1./s1. The first kappa shape index (κ1) is 14.2. The summed E-state index contributed by atoms with van der Waals surface area (Å²) < 4.78 is 4.51. The molecule has 4 nitrogen and oxygen atoms in total. The molecule has 2 N–H and O–H groups in total. The molecule has 0 aromatic carbocycles. The normalized spacial score (nSPS) is 11.4. The molecule has 1 aromatic heterocycles. The van der Waals surface area contributed by atoms with Crippen LogP contribution in [0.4, 0.5) is 0 Å². The molecule has 15 heavy (non-hydrogen) atoms. The van der Waals surface area contributed by atoms with Gasteiger partial charge in [0.05, 0.1) is 13.5 Å². The van der Waals surface area contributed by atoms with Crippen molar-refractivity contribution in [2.75, 3.05) is 7.11 Å². The number of halogens is 2. The minimum atomic E-state index is -0.400. The number of nitrogens with two attached hydrogens (primary N) is 1. The van der Waals surface area contributed by atoms with Crippen LogP contribution in [0.2, 0.25) is 5.15 Å². The Morgan fingerprint density at radius 2 is 2.40 bits per heavy atom. The summed E-state index contributed by atoms with van der Waals surface area (Å²) in [5, 5.41) is 0.364. The molecule has 0 amide bonds. The third-order valence-corrected chi connectivity index (χ3v) is 2.00. The maximum Gasteiger partial charge on any atom is 0.307 e. The van der Waals surface area contributed by atoms with Crippen LogP contribution >= 0.6 is 24.0 Å². The Morgan fingerprint density at radius 1 is 1.73 bits per heavy atom. The van der Waals surface area contributed by atoms with Crippen molar-refractivity contribution >= 4 is 30.0 Å². The SMILES string of the molecule is COC(=O)C[C@@H](N)c1ccnc(Cl)c1.Cl. The Hall–Kier alpha value is -0.840. The highest BCUT2D eigenvalue weighted by Gasteiger charge is 2.11. The summed E-state index contributed by atoms with van der Waals surface area (Å²) in [6.07, 6.45) is 1.69. The number of nitrogens with zero attached hydrogens (tertiary/aromatic N) is 1. The maximum absolute atomic E-state index is 10.9. The van der Waals surface area contributed by atoms with E-state index in [0.29, 0.717) is 5.15 Å². The highest BCUT2D eigenvalue weighted by molar-refractivity contribution is 6.29. The number of ether oxygens (including phenoxy) is 1. The molecule has 1 atom stereocenters. The summed E-state index contributed by atoms with van der Waals surface area (Å²) in [7, 11) is 1.33. The topological polar surface area (TPSA) is 65.2 Å². The lowest BCUT2D eigenvalue weighted by atomic mass is 10.1. The molecule has 6 heteroatoms. The van der Waals surface area contributed by atoms with Crippen molar-refractivity contribution in [1.29, 1.82) is 0 Å². The van der Waals surface area contributed by atoms with Gasteiger partial charge in [0.15, 0.2) is 0 Å². The smallest absolute Gasteiger partial charge is 0.307 e. The zero-order valence-electron chi connectivity index (χ0n) is 8.14. The monoisotopic (exact) mass is 250 g/mol. The molecule has 1 heterocycles. The van der Waals surface area contributed by atoms with Gasteiger partial charge in [-0.3, -0.25) is 4.79 Å². The Labute approximate surface area is 99.2 Å². The van der Waals surface area contributed by atoms with Crippen molar-refractivity contribution in [3.8, 4) is 0 Å². The molecule has 0 aliphatic carbocycles. The van der Waals surface area contributed by atoms with Crippen molar-refractivity contribution in [3.05, 3.63) is 29.0 Å². The van der Waals surface area contributed by atoms with Crippen LogP contribution in [0, 0.1) is 0 Å². The number of rotatable bonds is 3. The van der Waals surface area contributed by atoms with Gasteiger partial charge in [-0.15, -0.1) is 12.4 Å². The summed E-state index contributed by atoms with van der Waals surface area (Å²) in [6.45, 7) is 0. The third-order valence-electron chi connectivity index (χ3n) is 1.79. The van der Waals surface area contributed by atoms with Crippen molar-refractivity contribution in [3.63, 3.8) is 0 Å². The first-order valence-electron chi connectivity index (χ1n) is 4.07. The Bertz CT molecular complexity index is 334. The van der Waals surface area contributed by atoms with Gasteiger partial charge in [-0.25, -0.2) is 4.98 Å². The van der Waals surface area contributed by atoms with E-state index in [1.54, 1.807) is 18.3 Å². The van der Waals surface area contributed by atoms with E-state index >= 15 is 0 Å². The number of esters is 1. The second kappa shape index (κ2) is 6.61. The van der Waals surface area contributed by atoms with E-state index in [9.17, 15) is 4.79 Å². The minimum absolute atomic E-state index is 0. The van der Waals surface area contributed by atoms with E-state index in [1.807, 2.05) is 0 Å². The number of carbonyl (C=O) groups excluding carboxylic acids is 1. The first-order chi connectivity index (χ1) is 6.63. The Morgan fingerprint density at radius 3 is 2.93 bits per heavy atom. The lowest BCUT2D eigenvalue weighted by molar-refractivity contribution is -0.141. The van der Waals surface area contributed by atoms with Crippen LogP contribution in [0.15, 0.2) is 18.3 Å². The minimum Gasteiger partial charge on any atom is -0.469 e. The van der Waals surface area contributed by atoms with Crippen molar-refractivity contribution in [2.24, 2.45) is 5.73 Å². The molecule has 0 saturated heterocycles. The molecule has 0 radical (unpaired) electrons. The number of aromatic nitrogens is 1. The van der Waals surface area contributed by atoms with Crippen LogP contribution in [0.5, 0.6) is 0 Å². The predicted octanol–water partition coefficient (Wildman–Crippen LogP) is 1.72. The van der Waals surface area contributed by atoms with Gasteiger partial charge in [0.2, 0.25) is 0 Å². The number of hydrogen-bond donors (Lipinski definition) is 1. The second-order valence-corrected chi connectivity index (χ2v) is 3.19. The van der Waals surface area contributed by atoms with E-state index in [-0.39, 0.29) is 24.8 Å². The van der Waals surface area contributed by atoms with E-state index < -0.39 is 6.04 Å². The summed E-state index contributed by atoms with van der Waals surface area (Å²) in [6, 6.07) is 2.96. The fourth-order valence-electron chi connectivity index (χ4n) is 1.03. The maximum atomic E-state index is 10.9. The van der Waals surface area contributed by atoms with Crippen molar-refractivity contribution in [2.45, 2.75) is 12.5 Å². The van der Waals surface area contributed by atoms with Crippen molar-refractivity contribution < 1.29 is 9.53 Å². The fourth-order valence-corrected chi connectivity index (χ4v) is 1.21. The molecule has 0 aliphatic rings. The summed E-state index contributed by atoms with van der Waals surface area (Å²) in [4.78, 5) is 14.7. The number of methoxy groups -OCH3 is 1. The van der Waals surface area contributed by atoms with Gasteiger partial charge >= 0.3 is 5.97 Å². The summed E-state index contributed by atoms with van der Waals surface area (Å²) in [5.74, 6) is -0.342. The molecule has 0 unspecified atom stereocenters. The van der Waals surface area contributed by atoms with Gasteiger partial charge < -0.3 is 10.5 Å². The number of pyridine rings is 1. The van der Waals surface area contributed by atoms with E-state index in [1.165, 1.54) is 7.11 Å². The van der Waals surface area contributed by atoms with Gasteiger partial charge in [0.1, 0.15) is 5.15 Å². The van der Waals surface area contributed by atoms with Crippen LogP contribution in [0.3, 0.4) is 0 Å². The fraction of sp³-hybridized carbons (Fsp3) is 0.333. The van der Waals surface area contributed by atoms with Gasteiger partial charge in [0.25, 0.3) is 0 Å². The number of carbonyl (C=O) groups is 1. The molecule has 0 fully saturated rings. The molecule has 0 spiro atoms. The average Bonchev–Trinajstić information content (AvgIpc) is 2.17. The van der Waals surface area contributed by atoms with Crippen LogP contribution in [0.25, 0.3) is 0 Å². The van der Waals surface area contributed by atoms with Gasteiger partial charge in [-0.1, -0.05) is 11.6 Å². The summed E-state index contributed by atoms with van der Waals surface area (Å²) in [5.41, 5.74) is 6.53. The van der Waals surface area contributed by atoms with E-state index in [4.69, 9.17) is 17.3 Å². The molecular weight excluding hydrogens is 239 g/mol. The molecule has 0 bridgehead atoms. The van der Waals surface area contributed by atoms with Crippen LogP contribution < -0.4 is 5.73 Å². The molecule has 0 saturated carbocycles. The predicted molar refractivity (Wildman–Crippen MR) is 60.1 cm³/mol. The molecule has 1 aromatic rings. The van der Waals surface area contributed by atoms with Crippen LogP contribution in [0.1, 0.15) is 18.0 Å². The highest BCUT2D eigenvalue weighted by atomic mass is 35.5. The van der Waals surface area contributed by atoms with E-state index in [0.717, 1.165) is 5.56 Å². The Balaban J connectivity index is 0.00000196. The second-order valence-electron chi connectivity index (χ2n) is 2.80. The quantitative estimate of drug-likeness (QED) is 0.656. The molecule has 0 aliphatic heterocycles. The van der Waals surface area contributed by atoms with E-state index in [2.05, 4.69) is 9.72 Å². The van der Waals surface area contributed by atoms with Gasteiger partial charge in [-0.05, 0) is 17.7 Å². The Kier molecular flexibility index (Phi) is 6.24. The third kappa shape index (κ3) is 4.46. The first-order valence-corrected chi connectivity index (χ1v) is 4.45. The average molecular weight is 251 g/mol. The lowest BCUT2D eigenvalue weighted by Crippen LogP contribution is -2.16. The molecule has 1 rings (SSSR count).